The number of thiophene rings is 1. The highest BCUT2D eigenvalue weighted by Gasteiger charge is 2.15. The first-order valence-corrected chi connectivity index (χ1v) is 7.58. The van der Waals surface area contributed by atoms with Gasteiger partial charge in [-0.25, -0.2) is 4.79 Å². The van der Waals surface area contributed by atoms with Crippen LogP contribution in [0.5, 0.6) is 0 Å². The molecule has 0 saturated heterocycles. The molecule has 0 radical (unpaired) electrons. The van der Waals surface area contributed by atoms with Crippen LogP contribution in [0.4, 0.5) is 4.79 Å². The van der Waals surface area contributed by atoms with Crippen LogP contribution in [0.3, 0.4) is 0 Å². The van der Waals surface area contributed by atoms with Crippen molar-refractivity contribution in [3.05, 3.63) is 46.0 Å². The molecule has 0 spiro atoms. The molecule has 0 unspecified atom stereocenters. The predicted octanol–water partition coefficient (Wildman–Crippen LogP) is 3.18. The maximum absolute atomic E-state index is 12.1. The fraction of sp³-hybridized carbons (Fsp3) is 0.400. The first kappa shape index (κ1) is 15.6. The number of furan rings is 1. The third kappa shape index (κ3) is 4.34. The lowest BCUT2D eigenvalue weighted by molar-refractivity contribution is 0.104. The molecule has 21 heavy (non-hydrogen) atoms. The summed E-state index contributed by atoms with van der Waals surface area (Å²) in [6.07, 6.45) is -0.117. The molecule has 0 aliphatic rings. The average Bonchev–Trinajstić information content (AvgIpc) is 3.11. The van der Waals surface area contributed by atoms with E-state index in [0.717, 1.165) is 16.4 Å². The van der Waals surface area contributed by atoms with E-state index >= 15 is 0 Å². The highest BCUT2D eigenvalue weighted by atomic mass is 32.1. The largest absolute Gasteiger partial charge is 0.464 e. The number of nitrogens with one attached hydrogen (secondary N) is 1. The van der Waals surface area contributed by atoms with E-state index in [9.17, 15) is 4.79 Å². The normalized spacial score (nSPS) is 12.1. The highest BCUT2D eigenvalue weighted by Crippen LogP contribution is 2.21. The van der Waals surface area contributed by atoms with Gasteiger partial charge >= 0.3 is 6.03 Å². The van der Waals surface area contributed by atoms with Gasteiger partial charge in [-0.05, 0) is 30.5 Å². The molecular weight excluding hydrogens is 288 g/mol. The molecule has 0 fully saturated rings. The Bertz CT molecular complexity index is 565. The third-order valence-electron chi connectivity index (χ3n) is 3.12. The summed E-state index contributed by atoms with van der Waals surface area (Å²) in [4.78, 5) is 14.7. The second kappa shape index (κ2) is 7.28. The van der Waals surface area contributed by atoms with Crippen LogP contribution in [0.2, 0.25) is 0 Å². The number of aryl methyl sites for hydroxylation is 1. The van der Waals surface area contributed by atoms with Gasteiger partial charge in [0.15, 0.2) is 0 Å². The molecule has 1 N–H and O–H groups in total. The van der Waals surface area contributed by atoms with Gasteiger partial charge < -0.3 is 19.4 Å². The SMILES string of the molecule is CO[C@H](CNC(=O)N(C)Cc1ccc(C)o1)c1cccs1. The molecule has 0 saturated carbocycles. The molecule has 2 aromatic rings. The van der Waals surface area contributed by atoms with Crippen molar-refractivity contribution in [2.24, 2.45) is 0 Å². The van der Waals surface area contributed by atoms with Crippen molar-refractivity contribution in [2.75, 3.05) is 20.7 Å². The van der Waals surface area contributed by atoms with Crippen LogP contribution < -0.4 is 5.32 Å². The fourth-order valence-corrected chi connectivity index (χ4v) is 2.77. The Labute approximate surface area is 128 Å². The van der Waals surface area contributed by atoms with Crippen LogP contribution in [0, 0.1) is 6.92 Å². The van der Waals surface area contributed by atoms with Crippen molar-refractivity contribution in [3.63, 3.8) is 0 Å². The first-order valence-electron chi connectivity index (χ1n) is 6.70. The summed E-state index contributed by atoms with van der Waals surface area (Å²) in [6.45, 7) is 2.77. The third-order valence-corrected chi connectivity index (χ3v) is 4.08. The molecule has 1 atom stereocenters. The van der Waals surface area contributed by atoms with Crippen LogP contribution in [0.1, 0.15) is 22.5 Å². The van der Waals surface area contributed by atoms with Gasteiger partial charge in [0.25, 0.3) is 0 Å². The summed E-state index contributed by atoms with van der Waals surface area (Å²) in [5, 5.41) is 4.87. The number of hydrogen-bond acceptors (Lipinski definition) is 4. The molecule has 0 aromatic carbocycles. The van der Waals surface area contributed by atoms with E-state index < -0.39 is 0 Å². The molecule has 114 valence electrons. The minimum Gasteiger partial charge on any atom is -0.464 e. The topological polar surface area (TPSA) is 54.7 Å². The lowest BCUT2D eigenvalue weighted by Gasteiger charge is -2.19. The summed E-state index contributed by atoms with van der Waals surface area (Å²) in [7, 11) is 3.38. The number of nitrogens with zero attached hydrogens (tertiary/aromatic N) is 1. The van der Waals surface area contributed by atoms with Crippen LogP contribution in [-0.4, -0.2) is 31.6 Å². The Balaban J connectivity index is 1.83. The second-order valence-corrected chi connectivity index (χ2v) is 5.77. The Hall–Kier alpha value is -1.79. The molecule has 2 heterocycles. The van der Waals surface area contributed by atoms with Gasteiger partial charge in [-0.1, -0.05) is 6.07 Å². The van der Waals surface area contributed by atoms with Crippen molar-refractivity contribution >= 4 is 17.4 Å². The highest BCUT2D eigenvalue weighted by molar-refractivity contribution is 7.10. The van der Waals surface area contributed by atoms with Crippen molar-refractivity contribution in [2.45, 2.75) is 19.6 Å². The predicted molar refractivity (Wildman–Crippen MR) is 82.4 cm³/mol. The van der Waals surface area contributed by atoms with Gasteiger partial charge in [-0.2, -0.15) is 0 Å². The number of rotatable bonds is 6. The van der Waals surface area contributed by atoms with Gasteiger partial charge in [0.05, 0.1) is 13.1 Å². The minimum absolute atomic E-state index is 0.117. The number of hydrogen-bond donors (Lipinski definition) is 1. The van der Waals surface area contributed by atoms with E-state index in [1.165, 1.54) is 0 Å². The average molecular weight is 308 g/mol. The summed E-state index contributed by atoms with van der Waals surface area (Å²) in [5.41, 5.74) is 0. The molecule has 6 heteroatoms. The van der Waals surface area contributed by atoms with Crippen LogP contribution in [0.15, 0.2) is 34.1 Å². The standard InChI is InChI=1S/C15H20N2O3S/c1-11-6-7-12(20-11)10-17(2)15(18)16-9-13(19-3)14-5-4-8-21-14/h4-8,13H,9-10H2,1-3H3,(H,16,18)/t13-/m1/s1. The van der Waals surface area contributed by atoms with E-state index in [1.54, 1.807) is 30.4 Å². The lowest BCUT2D eigenvalue weighted by Crippen LogP contribution is -2.38. The van der Waals surface area contributed by atoms with Crippen LogP contribution >= 0.6 is 11.3 Å². The quantitative estimate of drug-likeness (QED) is 0.891. The van der Waals surface area contributed by atoms with E-state index in [0.29, 0.717) is 13.1 Å². The van der Waals surface area contributed by atoms with E-state index in [2.05, 4.69) is 5.32 Å². The molecule has 0 bridgehead atoms. The molecule has 2 rings (SSSR count). The summed E-state index contributed by atoms with van der Waals surface area (Å²) >= 11 is 1.62. The maximum atomic E-state index is 12.1. The Morgan fingerprint density at radius 2 is 2.29 bits per heavy atom. The van der Waals surface area contributed by atoms with Gasteiger partial charge in [0, 0.05) is 19.0 Å². The monoisotopic (exact) mass is 308 g/mol. The number of amides is 2. The summed E-state index contributed by atoms with van der Waals surface area (Å²) < 4.78 is 10.9. The zero-order valence-corrected chi connectivity index (χ0v) is 13.3. The van der Waals surface area contributed by atoms with Crippen molar-refractivity contribution in [1.82, 2.24) is 10.2 Å². The van der Waals surface area contributed by atoms with E-state index in [4.69, 9.17) is 9.15 Å². The molecule has 5 nitrogen and oxygen atoms in total. The van der Waals surface area contributed by atoms with Crippen LogP contribution in [-0.2, 0) is 11.3 Å². The molecule has 0 aliphatic heterocycles. The number of ether oxygens (including phenoxy) is 1. The number of urea groups is 1. The summed E-state index contributed by atoms with van der Waals surface area (Å²) in [5.74, 6) is 1.61. The molecular formula is C15H20N2O3S. The van der Waals surface area contributed by atoms with Gasteiger partial charge in [-0.3, -0.25) is 0 Å². The second-order valence-electron chi connectivity index (χ2n) is 4.79. The van der Waals surface area contributed by atoms with Crippen molar-refractivity contribution in [3.8, 4) is 0 Å². The maximum Gasteiger partial charge on any atom is 0.317 e. The van der Waals surface area contributed by atoms with Gasteiger partial charge in [0.1, 0.15) is 17.6 Å². The van der Waals surface area contributed by atoms with Crippen molar-refractivity contribution < 1.29 is 13.9 Å². The summed E-state index contributed by atoms with van der Waals surface area (Å²) in [6, 6.07) is 7.59. The Morgan fingerprint density at radius 1 is 1.48 bits per heavy atom. The zero-order chi connectivity index (χ0) is 15.2. The van der Waals surface area contributed by atoms with Crippen LogP contribution in [0.25, 0.3) is 0 Å². The van der Waals surface area contributed by atoms with Gasteiger partial charge in [0.2, 0.25) is 0 Å². The smallest absolute Gasteiger partial charge is 0.317 e. The Morgan fingerprint density at radius 3 is 2.86 bits per heavy atom. The fourth-order valence-electron chi connectivity index (χ4n) is 1.97. The zero-order valence-electron chi connectivity index (χ0n) is 12.5. The minimum atomic E-state index is -0.150. The number of carbonyl (C=O) groups excluding carboxylic acids is 1. The molecule has 0 aliphatic carbocycles. The number of methoxy groups -OCH3 is 1. The van der Waals surface area contributed by atoms with E-state index in [-0.39, 0.29) is 12.1 Å². The van der Waals surface area contributed by atoms with E-state index in [1.807, 2.05) is 36.6 Å². The number of carbonyl (C=O) groups is 1. The van der Waals surface area contributed by atoms with Gasteiger partial charge in [-0.15, -0.1) is 11.3 Å². The van der Waals surface area contributed by atoms with Crippen molar-refractivity contribution in [1.29, 1.82) is 0 Å². The molecule has 2 amide bonds. The molecule has 2 aromatic heterocycles. The first-order chi connectivity index (χ1) is 10.1. The Kier molecular flexibility index (Phi) is 5.41. The lowest BCUT2D eigenvalue weighted by atomic mass is 10.3.